The number of aliphatic imine (C=N–C) groups is 1. The van der Waals surface area contributed by atoms with Crippen molar-refractivity contribution in [3.05, 3.63) is 16.1 Å². The third kappa shape index (κ3) is 11.4. The van der Waals surface area contributed by atoms with Crippen molar-refractivity contribution in [2.75, 3.05) is 32.7 Å². The van der Waals surface area contributed by atoms with Crippen LogP contribution in [0.25, 0.3) is 0 Å². The first-order chi connectivity index (χ1) is 12.2. The lowest BCUT2D eigenvalue weighted by molar-refractivity contribution is 0.0264. The molecule has 0 unspecified atom stereocenters. The molecule has 7 nitrogen and oxygen atoms in total. The van der Waals surface area contributed by atoms with Gasteiger partial charge in [-0.3, -0.25) is 4.99 Å². The summed E-state index contributed by atoms with van der Waals surface area (Å²) in [6, 6.07) is 0. The lowest BCUT2D eigenvalue weighted by Crippen LogP contribution is -2.44. The van der Waals surface area contributed by atoms with Gasteiger partial charge in [0.15, 0.2) is 5.96 Å². The summed E-state index contributed by atoms with van der Waals surface area (Å²) in [7, 11) is 0. The molecule has 9 heteroatoms. The topological polar surface area (TPSA) is 78.9 Å². The van der Waals surface area contributed by atoms with Gasteiger partial charge >= 0.3 is 6.09 Å². The van der Waals surface area contributed by atoms with Crippen LogP contribution in [0.15, 0.2) is 11.2 Å². The van der Waals surface area contributed by atoms with Gasteiger partial charge in [0.1, 0.15) is 5.60 Å². The third-order valence-corrected chi connectivity index (χ3v) is 4.29. The van der Waals surface area contributed by atoms with Gasteiger partial charge in [-0.25, -0.2) is 9.78 Å². The number of carbonyl (C=O) groups is 1. The molecular formula is C18H34IN5O2S. The summed E-state index contributed by atoms with van der Waals surface area (Å²) in [4.78, 5) is 24.0. The molecule has 0 bridgehead atoms. The molecule has 27 heavy (non-hydrogen) atoms. The van der Waals surface area contributed by atoms with E-state index in [-0.39, 0.29) is 30.1 Å². The van der Waals surface area contributed by atoms with Crippen LogP contribution in [0.1, 0.15) is 44.5 Å². The summed E-state index contributed by atoms with van der Waals surface area (Å²) in [5.41, 5.74) is -0.484. The van der Waals surface area contributed by atoms with E-state index in [1.807, 2.05) is 40.8 Å². The number of nitrogens with one attached hydrogen (secondary N) is 2. The lowest BCUT2D eigenvalue weighted by Gasteiger charge is -2.26. The number of amides is 1. The number of aryl methyl sites for hydroxylation is 1. The van der Waals surface area contributed by atoms with Gasteiger partial charge in [-0.15, -0.1) is 35.3 Å². The van der Waals surface area contributed by atoms with Crippen molar-refractivity contribution in [1.82, 2.24) is 20.5 Å². The summed E-state index contributed by atoms with van der Waals surface area (Å²) < 4.78 is 5.42. The fourth-order valence-electron chi connectivity index (χ4n) is 2.14. The van der Waals surface area contributed by atoms with E-state index in [1.165, 1.54) is 4.88 Å². The summed E-state index contributed by atoms with van der Waals surface area (Å²) in [5.74, 6) is 0.751. The van der Waals surface area contributed by atoms with E-state index < -0.39 is 5.60 Å². The Morgan fingerprint density at radius 3 is 2.56 bits per heavy atom. The molecule has 1 heterocycles. The zero-order chi connectivity index (χ0) is 19.6. The van der Waals surface area contributed by atoms with E-state index in [1.54, 1.807) is 16.2 Å². The molecule has 0 fully saturated rings. The maximum absolute atomic E-state index is 12.1. The van der Waals surface area contributed by atoms with Crippen LogP contribution in [-0.4, -0.2) is 60.3 Å². The number of carbonyl (C=O) groups excluding carboxylic acids is 1. The molecule has 0 spiro atoms. The zero-order valence-corrected chi connectivity index (χ0v) is 20.4. The van der Waals surface area contributed by atoms with Crippen molar-refractivity contribution in [2.24, 2.45) is 4.99 Å². The number of ether oxygens (including phenoxy) is 1. The largest absolute Gasteiger partial charge is 0.444 e. The van der Waals surface area contributed by atoms with Gasteiger partial charge < -0.3 is 20.3 Å². The molecule has 1 aromatic heterocycles. The smallest absolute Gasteiger partial charge is 0.410 e. The van der Waals surface area contributed by atoms with Crippen LogP contribution in [0.2, 0.25) is 0 Å². The molecule has 0 saturated heterocycles. The van der Waals surface area contributed by atoms with E-state index >= 15 is 0 Å². The van der Waals surface area contributed by atoms with Gasteiger partial charge in [0.25, 0.3) is 0 Å². The predicted octanol–water partition coefficient (Wildman–Crippen LogP) is 3.42. The molecule has 1 rings (SSSR count). The number of hydrogen-bond donors (Lipinski definition) is 2. The Morgan fingerprint density at radius 2 is 2.04 bits per heavy atom. The lowest BCUT2D eigenvalue weighted by atomic mass is 10.2. The Balaban J connectivity index is 0.00000676. The van der Waals surface area contributed by atoms with Crippen LogP contribution < -0.4 is 10.6 Å². The average molecular weight is 511 g/mol. The molecule has 1 aromatic rings. The highest BCUT2D eigenvalue weighted by Crippen LogP contribution is 2.11. The second kappa shape index (κ2) is 13.1. The van der Waals surface area contributed by atoms with Crippen LogP contribution in [0.5, 0.6) is 0 Å². The number of thiazole rings is 1. The molecule has 0 atom stereocenters. The highest BCUT2D eigenvalue weighted by Gasteiger charge is 2.20. The molecule has 0 aliphatic heterocycles. The minimum atomic E-state index is -0.484. The van der Waals surface area contributed by atoms with Crippen molar-refractivity contribution < 1.29 is 9.53 Å². The van der Waals surface area contributed by atoms with E-state index in [0.717, 1.165) is 23.9 Å². The Kier molecular flexibility index (Phi) is 12.6. The molecule has 0 aromatic carbocycles. The second-order valence-electron chi connectivity index (χ2n) is 6.86. The minimum Gasteiger partial charge on any atom is -0.444 e. The standard InChI is InChI=1S/C18H33N5O2S.HI/c1-7-19-16(20-10-9-15-22-13-14(3)26-15)21-11-12-23(8-2)17(24)25-18(4,5)6;/h13H,7-12H2,1-6H3,(H2,19,20,21);1H. The molecule has 0 aliphatic rings. The van der Waals surface area contributed by atoms with Gasteiger partial charge in [0, 0.05) is 50.2 Å². The first kappa shape index (κ1) is 25.9. The number of likely N-dealkylation sites (N-methyl/N-ethyl adjacent to an activating group) is 1. The number of nitrogens with zero attached hydrogens (tertiary/aromatic N) is 3. The molecule has 1 amide bonds. The van der Waals surface area contributed by atoms with Crippen molar-refractivity contribution in [2.45, 2.75) is 53.6 Å². The molecule has 0 aliphatic carbocycles. The van der Waals surface area contributed by atoms with Crippen LogP contribution in [0.3, 0.4) is 0 Å². The van der Waals surface area contributed by atoms with Crippen molar-refractivity contribution in [1.29, 1.82) is 0 Å². The first-order valence-corrected chi connectivity index (χ1v) is 9.98. The van der Waals surface area contributed by atoms with E-state index in [4.69, 9.17) is 4.74 Å². The number of aromatic nitrogens is 1. The zero-order valence-electron chi connectivity index (χ0n) is 17.3. The van der Waals surface area contributed by atoms with E-state index in [2.05, 4.69) is 27.5 Å². The fraction of sp³-hybridized carbons (Fsp3) is 0.722. The van der Waals surface area contributed by atoms with E-state index in [9.17, 15) is 4.79 Å². The average Bonchev–Trinajstić information content (AvgIpc) is 2.95. The minimum absolute atomic E-state index is 0. The summed E-state index contributed by atoms with van der Waals surface area (Å²) in [5, 5.41) is 7.59. The maximum Gasteiger partial charge on any atom is 0.410 e. The van der Waals surface area contributed by atoms with Gasteiger partial charge in [-0.05, 0) is 41.5 Å². The van der Waals surface area contributed by atoms with Gasteiger partial charge in [0.05, 0.1) is 5.01 Å². The Bertz CT molecular complexity index is 587. The fourth-order valence-corrected chi connectivity index (χ4v) is 2.91. The number of hydrogen-bond acceptors (Lipinski definition) is 5. The summed E-state index contributed by atoms with van der Waals surface area (Å²) >= 11 is 1.71. The van der Waals surface area contributed by atoms with Crippen LogP contribution in [0, 0.1) is 6.92 Å². The van der Waals surface area contributed by atoms with Crippen LogP contribution >= 0.6 is 35.3 Å². The van der Waals surface area contributed by atoms with Gasteiger partial charge in [-0.2, -0.15) is 0 Å². The predicted molar refractivity (Wildman–Crippen MR) is 123 cm³/mol. The number of rotatable bonds is 8. The first-order valence-electron chi connectivity index (χ1n) is 9.16. The highest BCUT2D eigenvalue weighted by atomic mass is 127. The molecule has 0 radical (unpaired) electrons. The van der Waals surface area contributed by atoms with Crippen LogP contribution in [-0.2, 0) is 11.2 Å². The maximum atomic E-state index is 12.1. The monoisotopic (exact) mass is 511 g/mol. The molecular weight excluding hydrogens is 477 g/mol. The number of halogens is 1. The molecule has 156 valence electrons. The summed E-state index contributed by atoms with van der Waals surface area (Å²) in [6.45, 7) is 14.9. The summed E-state index contributed by atoms with van der Waals surface area (Å²) in [6.07, 6.45) is 2.43. The number of guanidine groups is 1. The second-order valence-corrected chi connectivity index (χ2v) is 8.18. The highest BCUT2D eigenvalue weighted by molar-refractivity contribution is 14.0. The van der Waals surface area contributed by atoms with Crippen LogP contribution in [0.4, 0.5) is 4.79 Å². The Morgan fingerprint density at radius 1 is 1.33 bits per heavy atom. The molecule has 0 saturated carbocycles. The van der Waals surface area contributed by atoms with Crippen molar-refractivity contribution in [3.8, 4) is 0 Å². The van der Waals surface area contributed by atoms with Crippen molar-refractivity contribution >= 4 is 47.4 Å². The van der Waals surface area contributed by atoms with Gasteiger partial charge in [-0.1, -0.05) is 0 Å². The third-order valence-electron chi connectivity index (χ3n) is 3.32. The Hall–Kier alpha value is -1.10. The van der Waals surface area contributed by atoms with Crippen molar-refractivity contribution in [3.63, 3.8) is 0 Å². The molecule has 2 N–H and O–H groups in total. The SMILES string of the molecule is CCNC(=NCCc1ncc(C)s1)NCCN(CC)C(=O)OC(C)(C)C.I. The quantitative estimate of drug-likeness (QED) is 0.318. The normalized spacial score (nSPS) is 11.6. The van der Waals surface area contributed by atoms with Gasteiger partial charge in [0.2, 0.25) is 0 Å². The Labute approximate surface area is 184 Å². The van der Waals surface area contributed by atoms with E-state index in [0.29, 0.717) is 26.2 Å².